The van der Waals surface area contributed by atoms with E-state index < -0.39 is 86.2 Å². The van der Waals surface area contributed by atoms with Gasteiger partial charge in [0, 0.05) is 30.7 Å². The van der Waals surface area contributed by atoms with Crippen LogP contribution in [0, 0.1) is 0 Å². The Hall–Kier alpha value is -2.66. The number of amides is 2. The van der Waals surface area contributed by atoms with Gasteiger partial charge in [0.15, 0.2) is 12.4 Å². The number of carbonyl (C=O) groups is 4. The summed E-state index contributed by atoms with van der Waals surface area (Å²) in [4.78, 5) is 47.0. The Balaban J connectivity index is 1.63. The lowest BCUT2D eigenvalue weighted by Crippen LogP contribution is -2.62. The predicted octanol–water partition coefficient (Wildman–Crippen LogP) is -6.31. The molecule has 258 valence electrons. The minimum Gasteiger partial charge on any atom is -0.394 e. The highest BCUT2D eigenvalue weighted by molar-refractivity contribution is 6.12. The lowest BCUT2D eigenvalue weighted by Gasteiger charge is -2.42. The van der Waals surface area contributed by atoms with Crippen LogP contribution in [0.25, 0.3) is 0 Å². The summed E-state index contributed by atoms with van der Waals surface area (Å²) in [5, 5.41) is 84.3. The molecular weight excluding hydrogens is 612 g/mol. The molecule has 2 heterocycles. The first-order valence-corrected chi connectivity index (χ1v) is 14.1. The zero-order valence-corrected chi connectivity index (χ0v) is 24.5. The van der Waals surface area contributed by atoms with Crippen molar-refractivity contribution in [2.24, 2.45) is 0 Å². The lowest BCUT2D eigenvalue weighted by molar-refractivity contribution is -0.326. The summed E-state index contributed by atoms with van der Waals surface area (Å²) in [7, 11) is 0. The van der Waals surface area contributed by atoms with Crippen molar-refractivity contribution >= 4 is 23.8 Å². The van der Waals surface area contributed by atoms with Crippen LogP contribution >= 0.6 is 0 Å². The second-order valence-electron chi connectivity index (χ2n) is 10.1. The van der Waals surface area contributed by atoms with E-state index in [4.69, 9.17) is 18.9 Å². The van der Waals surface area contributed by atoms with Crippen LogP contribution in [-0.2, 0) is 42.9 Å². The molecule has 4 unspecified atom stereocenters. The van der Waals surface area contributed by atoms with Crippen LogP contribution in [0.4, 0.5) is 0 Å². The first-order chi connectivity index (χ1) is 21.3. The number of rotatable bonds is 20. The molecule has 0 spiro atoms. The molecule has 0 radical (unpaired) electrons. The van der Waals surface area contributed by atoms with Gasteiger partial charge in [-0.1, -0.05) is 0 Å². The second-order valence-corrected chi connectivity index (χ2v) is 10.1. The molecule has 10 N–H and O–H groups in total. The van der Waals surface area contributed by atoms with Gasteiger partial charge in [0.25, 0.3) is 5.91 Å². The van der Waals surface area contributed by atoms with E-state index in [0.29, 0.717) is 0 Å². The quantitative estimate of drug-likeness (QED) is 0.0332. The Morgan fingerprint density at radius 1 is 0.889 bits per heavy atom. The number of carbonyl (C=O) groups excluding carboxylic acids is 4. The van der Waals surface area contributed by atoms with E-state index in [1.54, 1.807) is 0 Å². The molecule has 1 fully saturated rings. The first-order valence-electron chi connectivity index (χ1n) is 14.1. The third kappa shape index (κ3) is 11.3. The molecule has 0 aliphatic carbocycles. The minimum absolute atomic E-state index is 0.0104. The van der Waals surface area contributed by atoms with Gasteiger partial charge in [0.05, 0.1) is 39.6 Å². The van der Waals surface area contributed by atoms with Crippen molar-refractivity contribution < 1.29 is 83.7 Å². The van der Waals surface area contributed by atoms with Gasteiger partial charge in [-0.15, -0.1) is 0 Å². The third-order valence-corrected chi connectivity index (χ3v) is 6.91. The van der Waals surface area contributed by atoms with Crippen molar-refractivity contribution in [3.63, 3.8) is 0 Å². The Bertz CT molecular complexity index is 1020. The van der Waals surface area contributed by atoms with E-state index in [1.807, 2.05) is 0 Å². The fourth-order valence-corrected chi connectivity index (χ4v) is 4.22. The Morgan fingerprint density at radius 2 is 1.51 bits per heavy atom. The molecule has 2 amide bonds. The summed E-state index contributed by atoms with van der Waals surface area (Å²) in [5.41, 5.74) is 0.367. The molecule has 0 saturated carbocycles. The Labute approximate surface area is 257 Å². The molecule has 2 aliphatic heterocycles. The normalized spacial score (nSPS) is 26.3. The van der Waals surface area contributed by atoms with Crippen LogP contribution in [0.15, 0.2) is 11.1 Å². The van der Waals surface area contributed by atoms with E-state index in [-0.39, 0.29) is 69.4 Å². The maximum atomic E-state index is 12.3. The SMILES string of the molecule is CC1=C(CCC(=O)NCCOCCOCCNC(=O)C(O)C(O)[C@@H](OC2O[C@H](CO)[C@H](O)[C@H](O)[C@H]2O)C(O)CO)C(=O)OC1=O. The van der Waals surface area contributed by atoms with Crippen molar-refractivity contribution in [2.45, 2.75) is 74.9 Å². The number of esters is 2. The van der Waals surface area contributed by atoms with Crippen LogP contribution in [0.5, 0.6) is 0 Å². The van der Waals surface area contributed by atoms with Gasteiger partial charge in [-0.2, -0.15) is 0 Å². The number of aliphatic hydroxyl groups is 8. The molecule has 19 nitrogen and oxygen atoms in total. The summed E-state index contributed by atoms with van der Waals surface area (Å²) in [6.45, 7) is 0.102. The van der Waals surface area contributed by atoms with Crippen LogP contribution < -0.4 is 10.6 Å². The van der Waals surface area contributed by atoms with Gasteiger partial charge in [-0.25, -0.2) is 9.59 Å². The summed E-state index contributed by atoms with van der Waals surface area (Å²) < 4.78 is 25.4. The van der Waals surface area contributed by atoms with Crippen LogP contribution in [0.3, 0.4) is 0 Å². The number of nitrogens with one attached hydrogen (secondary N) is 2. The average Bonchev–Trinajstić information content (AvgIpc) is 3.27. The highest BCUT2D eigenvalue weighted by Crippen LogP contribution is 2.25. The molecule has 2 aliphatic rings. The molecule has 2 rings (SSSR count). The Morgan fingerprint density at radius 3 is 2.07 bits per heavy atom. The molecule has 0 aromatic heterocycles. The zero-order valence-electron chi connectivity index (χ0n) is 24.5. The monoisotopic (exact) mass is 654 g/mol. The predicted molar refractivity (Wildman–Crippen MR) is 144 cm³/mol. The molecule has 1 saturated heterocycles. The summed E-state index contributed by atoms with van der Waals surface area (Å²) in [6, 6.07) is 0. The highest BCUT2D eigenvalue weighted by atomic mass is 16.7. The molecular formula is C26H42N2O17. The van der Waals surface area contributed by atoms with Gasteiger partial charge in [0.1, 0.15) is 42.7 Å². The lowest BCUT2D eigenvalue weighted by atomic mass is 9.98. The van der Waals surface area contributed by atoms with E-state index in [2.05, 4.69) is 15.4 Å². The van der Waals surface area contributed by atoms with Gasteiger partial charge < -0.3 is 75.2 Å². The van der Waals surface area contributed by atoms with Gasteiger partial charge in [-0.05, 0) is 13.3 Å². The molecule has 9 atom stereocenters. The highest BCUT2D eigenvalue weighted by Gasteiger charge is 2.47. The zero-order chi connectivity index (χ0) is 33.7. The van der Waals surface area contributed by atoms with Crippen molar-refractivity contribution in [3.8, 4) is 0 Å². The van der Waals surface area contributed by atoms with Gasteiger partial charge >= 0.3 is 11.9 Å². The van der Waals surface area contributed by atoms with Crippen LogP contribution in [0.1, 0.15) is 19.8 Å². The number of ether oxygens (including phenoxy) is 5. The number of cyclic esters (lactones) is 2. The van der Waals surface area contributed by atoms with Crippen molar-refractivity contribution in [3.05, 3.63) is 11.1 Å². The summed E-state index contributed by atoms with van der Waals surface area (Å²) >= 11 is 0. The van der Waals surface area contributed by atoms with E-state index >= 15 is 0 Å². The molecule has 45 heavy (non-hydrogen) atoms. The Kier molecular flexibility index (Phi) is 16.4. The number of hydrogen-bond acceptors (Lipinski definition) is 17. The minimum atomic E-state index is -2.20. The van der Waals surface area contributed by atoms with Crippen LogP contribution in [0.2, 0.25) is 0 Å². The number of aliphatic hydroxyl groups excluding tert-OH is 8. The van der Waals surface area contributed by atoms with Crippen LogP contribution in [-0.4, -0.2) is 172 Å². The molecule has 19 heteroatoms. The van der Waals surface area contributed by atoms with Gasteiger partial charge in [-0.3, -0.25) is 9.59 Å². The standard InChI is InChI=1S/C26H42N2O17/c1-12-13(25(40)45-24(12)39)2-3-16(32)27-4-6-41-8-9-42-7-5-28-23(38)20(36)19(35)22(14(31)10-29)44-26-21(37)18(34)17(33)15(11-30)43-26/h14-15,17-22,26,29-31,33-37H,2-11H2,1H3,(H,27,32)(H,28,38)/t14?,15-,17+,18+,19?,20?,21-,22+,26?/m1/s1. The van der Waals surface area contributed by atoms with E-state index in [0.717, 1.165) is 0 Å². The maximum Gasteiger partial charge on any atom is 0.342 e. The average molecular weight is 655 g/mol. The number of hydrogen-bond donors (Lipinski definition) is 10. The first kappa shape index (κ1) is 38.5. The molecule has 0 aromatic carbocycles. The fourth-order valence-electron chi connectivity index (χ4n) is 4.22. The molecule has 0 aromatic rings. The summed E-state index contributed by atoms with van der Waals surface area (Å²) in [6.07, 6.45) is -16.8. The van der Waals surface area contributed by atoms with Gasteiger partial charge in [0.2, 0.25) is 5.91 Å². The topological polar surface area (TPSA) is 300 Å². The second kappa shape index (κ2) is 19.1. The smallest absolute Gasteiger partial charge is 0.342 e. The largest absolute Gasteiger partial charge is 0.394 e. The van der Waals surface area contributed by atoms with Crippen molar-refractivity contribution in [1.29, 1.82) is 0 Å². The summed E-state index contributed by atoms with van der Waals surface area (Å²) in [5.74, 6) is -2.90. The third-order valence-electron chi connectivity index (χ3n) is 6.91. The molecule has 0 bridgehead atoms. The van der Waals surface area contributed by atoms with Crippen molar-refractivity contribution in [2.75, 3.05) is 52.7 Å². The van der Waals surface area contributed by atoms with E-state index in [1.165, 1.54) is 6.92 Å². The maximum absolute atomic E-state index is 12.3. The van der Waals surface area contributed by atoms with E-state index in [9.17, 15) is 60.0 Å². The fraction of sp³-hybridized carbons (Fsp3) is 0.769. The van der Waals surface area contributed by atoms with Crippen molar-refractivity contribution in [1.82, 2.24) is 10.6 Å².